The van der Waals surface area contributed by atoms with E-state index in [1.807, 2.05) is 25.3 Å². The molecule has 19 heavy (non-hydrogen) atoms. The highest BCUT2D eigenvalue weighted by Crippen LogP contribution is 2.48. The lowest BCUT2D eigenvalue weighted by atomic mass is 9.88. The van der Waals surface area contributed by atoms with E-state index in [0.717, 1.165) is 35.7 Å². The van der Waals surface area contributed by atoms with Gasteiger partial charge in [0.1, 0.15) is 5.82 Å². The first-order valence-corrected chi connectivity index (χ1v) is 7.49. The predicted octanol–water partition coefficient (Wildman–Crippen LogP) is 3.01. The topological polar surface area (TPSA) is 36.4 Å². The summed E-state index contributed by atoms with van der Waals surface area (Å²) in [6.07, 6.45) is 7.09. The first kappa shape index (κ1) is 12.9. The Kier molecular flexibility index (Phi) is 3.48. The van der Waals surface area contributed by atoms with Gasteiger partial charge in [0.15, 0.2) is 0 Å². The fourth-order valence-corrected chi connectivity index (χ4v) is 4.09. The Balaban J connectivity index is 1.72. The summed E-state index contributed by atoms with van der Waals surface area (Å²) >= 11 is 0. The standard InChI is InChI=1S/C16H24N2O/c1-11(19)15-4-3-7-17-16(15)18(2)10-14-9-12-5-6-13(14)8-12/h3-4,7,11-14,19H,5-6,8-10H2,1-2H3. The van der Waals surface area contributed by atoms with Crippen LogP contribution in [0.4, 0.5) is 5.82 Å². The minimum atomic E-state index is -0.453. The summed E-state index contributed by atoms with van der Waals surface area (Å²) in [7, 11) is 2.11. The molecule has 2 aliphatic carbocycles. The molecule has 1 N–H and O–H groups in total. The van der Waals surface area contributed by atoms with Crippen LogP contribution in [0.2, 0.25) is 0 Å². The van der Waals surface area contributed by atoms with Gasteiger partial charge in [0.2, 0.25) is 0 Å². The van der Waals surface area contributed by atoms with Gasteiger partial charge in [-0.05, 0) is 50.0 Å². The fraction of sp³-hybridized carbons (Fsp3) is 0.688. The second-order valence-electron chi connectivity index (χ2n) is 6.41. The molecule has 2 fully saturated rings. The normalized spacial score (nSPS) is 30.6. The molecule has 0 radical (unpaired) electrons. The molecule has 0 aromatic carbocycles. The number of hydrogen-bond acceptors (Lipinski definition) is 3. The van der Waals surface area contributed by atoms with E-state index in [-0.39, 0.29) is 0 Å². The lowest BCUT2D eigenvalue weighted by molar-refractivity contribution is 0.199. The maximum Gasteiger partial charge on any atom is 0.134 e. The Morgan fingerprint density at radius 2 is 2.26 bits per heavy atom. The Bertz CT molecular complexity index is 446. The molecule has 104 valence electrons. The van der Waals surface area contributed by atoms with Gasteiger partial charge in [-0.2, -0.15) is 0 Å². The average Bonchev–Trinajstić information content (AvgIpc) is 3.01. The Labute approximate surface area is 115 Å². The number of nitrogens with zero attached hydrogens (tertiary/aromatic N) is 2. The van der Waals surface area contributed by atoms with Gasteiger partial charge < -0.3 is 10.0 Å². The van der Waals surface area contributed by atoms with E-state index in [0.29, 0.717) is 0 Å². The third-order valence-electron chi connectivity index (χ3n) is 5.02. The number of fused-ring (bicyclic) bond motifs is 2. The summed E-state index contributed by atoms with van der Waals surface area (Å²) in [5.74, 6) is 3.70. The van der Waals surface area contributed by atoms with Crippen molar-refractivity contribution in [3.63, 3.8) is 0 Å². The summed E-state index contributed by atoms with van der Waals surface area (Å²) < 4.78 is 0. The minimum absolute atomic E-state index is 0.453. The molecule has 4 unspecified atom stereocenters. The molecule has 1 aromatic rings. The van der Waals surface area contributed by atoms with Crippen LogP contribution in [-0.2, 0) is 0 Å². The molecule has 3 nitrogen and oxygen atoms in total. The van der Waals surface area contributed by atoms with Crippen molar-refractivity contribution in [1.29, 1.82) is 0 Å². The Morgan fingerprint density at radius 3 is 2.89 bits per heavy atom. The van der Waals surface area contributed by atoms with Crippen molar-refractivity contribution in [3.05, 3.63) is 23.9 Å². The van der Waals surface area contributed by atoms with E-state index >= 15 is 0 Å². The molecule has 2 aliphatic rings. The molecule has 1 aromatic heterocycles. The lowest BCUT2D eigenvalue weighted by Crippen LogP contribution is -2.30. The molecule has 0 amide bonds. The van der Waals surface area contributed by atoms with Crippen molar-refractivity contribution in [2.45, 2.75) is 38.7 Å². The maximum absolute atomic E-state index is 9.85. The van der Waals surface area contributed by atoms with Crippen LogP contribution < -0.4 is 4.90 Å². The number of aliphatic hydroxyl groups is 1. The summed E-state index contributed by atoms with van der Waals surface area (Å²) in [5.41, 5.74) is 0.938. The molecule has 0 aliphatic heterocycles. The van der Waals surface area contributed by atoms with Crippen LogP contribution in [0.3, 0.4) is 0 Å². The zero-order valence-corrected chi connectivity index (χ0v) is 11.9. The van der Waals surface area contributed by atoms with E-state index in [2.05, 4.69) is 16.9 Å². The van der Waals surface area contributed by atoms with Crippen LogP contribution >= 0.6 is 0 Å². The summed E-state index contributed by atoms with van der Waals surface area (Å²) in [4.78, 5) is 6.71. The molecule has 2 bridgehead atoms. The number of hydrogen-bond donors (Lipinski definition) is 1. The fourth-order valence-electron chi connectivity index (χ4n) is 4.09. The molecule has 0 saturated heterocycles. The van der Waals surface area contributed by atoms with Crippen LogP contribution in [0.25, 0.3) is 0 Å². The van der Waals surface area contributed by atoms with E-state index in [1.54, 1.807) is 0 Å². The van der Waals surface area contributed by atoms with Crippen molar-refractivity contribution < 1.29 is 5.11 Å². The van der Waals surface area contributed by atoms with Gasteiger partial charge in [-0.3, -0.25) is 0 Å². The summed E-state index contributed by atoms with van der Waals surface area (Å²) in [5, 5.41) is 9.85. The quantitative estimate of drug-likeness (QED) is 0.904. The van der Waals surface area contributed by atoms with Gasteiger partial charge in [0, 0.05) is 25.4 Å². The number of aromatic nitrogens is 1. The highest BCUT2D eigenvalue weighted by molar-refractivity contribution is 5.47. The molecular weight excluding hydrogens is 236 g/mol. The highest BCUT2D eigenvalue weighted by atomic mass is 16.3. The molecule has 3 rings (SSSR count). The van der Waals surface area contributed by atoms with Crippen molar-refractivity contribution in [2.75, 3.05) is 18.5 Å². The highest BCUT2D eigenvalue weighted by Gasteiger charge is 2.39. The zero-order chi connectivity index (χ0) is 13.4. The minimum Gasteiger partial charge on any atom is -0.389 e. The Hall–Kier alpha value is -1.09. The maximum atomic E-state index is 9.85. The van der Waals surface area contributed by atoms with E-state index in [9.17, 15) is 5.11 Å². The molecule has 0 spiro atoms. The summed E-state index contributed by atoms with van der Waals surface area (Å²) in [6.45, 7) is 2.89. The van der Waals surface area contributed by atoms with E-state index in [4.69, 9.17) is 0 Å². The van der Waals surface area contributed by atoms with Gasteiger partial charge in [0.25, 0.3) is 0 Å². The van der Waals surface area contributed by atoms with Gasteiger partial charge >= 0.3 is 0 Å². The van der Waals surface area contributed by atoms with Gasteiger partial charge in [-0.25, -0.2) is 4.98 Å². The number of aliphatic hydroxyl groups excluding tert-OH is 1. The van der Waals surface area contributed by atoms with Crippen LogP contribution in [0.1, 0.15) is 44.3 Å². The smallest absolute Gasteiger partial charge is 0.134 e. The van der Waals surface area contributed by atoms with Crippen LogP contribution in [-0.4, -0.2) is 23.7 Å². The van der Waals surface area contributed by atoms with Gasteiger partial charge in [0.05, 0.1) is 6.10 Å². The molecule has 2 saturated carbocycles. The first-order chi connectivity index (χ1) is 9.15. The number of anilines is 1. The summed E-state index contributed by atoms with van der Waals surface area (Å²) in [6, 6.07) is 3.88. The molecule has 1 heterocycles. The van der Waals surface area contributed by atoms with Crippen molar-refractivity contribution in [3.8, 4) is 0 Å². The third kappa shape index (κ3) is 2.48. The van der Waals surface area contributed by atoms with Crippen molar-refractivity contribution >= 4 is 5.82 Å². The van der Waals surface area contributed by atoms with Crippen LogP contribution in [0.5, 0.6) is 0 Å². The first-order valence-electron chi connectivity index (χ1n) is 7.49. The van der Waals surface area contributed by atoms with Crippen molar-refractivity contribution in [1.82, 2.24) is 4.98 Å². The van der Waals surface area contributed by atoms with Gasteiger partial charge in [-0.1, -0.05) is 12.5 Å². The van der Waals surface area contributed by atoms with E-state index < -0.39 is 6.10 Å². The second kappa shape index (κ2) is 5.12. The second-order valence-corrected chi connectivity index (χ2v) is 6.41. The van der Waals surface area contributed by atoms with Gasteiger partial charge in [-0.15, -0.1) is 0 Å². The molecular formula is C16H24N2O. The number of pyridine rings is 1. The lowest BCUT2D eigenvalue weighted by Gasteiger charge is -2.29. The van der Waals surface area contributed by atoms with E-state index in [1.165, 1.54) is 25.7 Å². The third-order valence-corrected chi connectivity index (χ3v) is 5.02. The molecule has 3 heteroatoms. The monoisotopic (exact) mass is 260 g/mol. The molecule has 4 atom stereocenters. The van der Waals surface area contributed by atoms with Crippen LogP contribution in [0, 0.1) is 17.8 Å². The average molecular weight is 260 g/mol. The number of rotatable bonds is 4. The zero-order valence-electron chi connectivity index (χ0n) is 11.9. The Morgan fingerprint density at radius 1 is 1.42 bits per heavy atom. The largest absolute Gasteiger partial charge is 0.389 e. The van der Waals surface area contributed by atoms with Crippen LogP contribution in [0.15, 0.2) is 18.3 Å². The predicted molar refractivity (Wildman–Crippen MR) is 77.1 cm³/mol. The van der Waals surface area contributed by atoms with Crippen molar-refractivity contribution in [2.24, 2.45) is 17.8 Å². The SMILES string of the molecule is CC(O)c1cccnc1N(C)CC1CC2CCC1C2.